The minimum absolute atomic E-state index is 0.841. The van der Waals surface area contributed by atoms with Crippen LogP contribution in [0.25, 0.3) is 0 Å². The van der Waals surface area contributed by atoms with Crippen molar-refractivity contribution in [1.82, 2.24) is 0 Å². The lowest BCUT2D eigenvalue weighted by Crippen LogP contribution is -1.97. The van der Waals surface area contributed by atoms with Crippen LogP contribution in [0.1, 0.15) is 57.8 Å². The predicted molar refractivity (Wildman–Crippen MR) is 62.4 cm³/mol. The number of rotatable bonds is 10. The molecule has 14 heavy (non-hydrogen) atoms. The highest BCUT2D eigenvalue weighted by Gasteiger charge is 1.90. The topological polar surface area (TPSA) is 46.2 Å². The second kappa shape index (κ2) is 12.5. The highest BCUT2D eigenvalue weighted by Crippen LogP contribution is 2.09. The highest BCUT2D eigenvalue weighted by molar-refractivity contribution is 4.70. The van der Waals surface area contributed by atoms with Crippen molar-refractivity contribution >= 4 is 0 Å². The maximum Gasteiger partial charge on any atom is 0.0751 e. The van der Waals surface area contributed by atoms with Crippen molar-refractivity contribution in [3.05, 3.63) is 12.3 Å². The van der Waals surface area contributed by atoms with Crippen LogP contribution in [0.15, 0.2) is 12.3 Å². The van der Waals surface area contributed by atoms with Crippen LogP contribution in [0.3, 0.4) is 0 Å². The maximum atomic E-state index is 8.40. The van der Waals surface area contributed by atoms with Crippen molar-refractivity contribution in [2.75, 3.05) is 6.54 Å². The van der Waals surface area contributed by atoms with E-state index in [9.17, 15) is 0 Å². The normalized spacial score (nSPS) is 11.2. The smallest absolute Gasteiger partial charge is 0.0751 e. The summed E-state index contributed by atoms with van der Waals surface area (Å²) >= 11 is 0. The summed E-state index contributed by atoms with van der Waals surface area (Å²) in [5, 5.41) is 8.40. The molecular formula is C12H25NO. The summed E-state index contributed by atoms with van der Waals surface area (Å²) in [6, 6.07) is 0. The molecule has 0 aromatic rings. The average Bonchev–Trinajstić information content (AvgIpc) is 2.21. The van der Waals surface area contributed by atoms with Gasteiger partial charge in [0.05, 0.1) is 6.26 Å². The van der Waals surface area contributed by atoms with E-state index in [4.69, 9.17) is 10.8 Å². The monoisotopic (exact) mass is 199 g/mol. The molecule has 2 heteroatoms. The van der Waals surface area contributed by atoms with Crippen LogP contribution < -0.4 is 5.73 Å². The molecule has 0 saturated heterocycles. The molecule has 0 aliphatic carbocycles. The Labute approximate surface area is 88.2 Å². The van der Waals surface area contributed by atoms with E-state index in [0.717, 1.165) is 19.2 Å². The quantitative estimate of drug-likeness (QED) is 0.417. The van der Waals surface area contributed by atoms with Gasteiger partial charge in [0.1, 0.15) is 0 Å². The summed E-state index contributed by atoms with van der Waals surface area (Å²) in [6.07, 6.45) is 14.3. The molecule has 0 heterocycles. The molecule has 0 aliphatic heterocycles. The van der Waals surface area contributed by atoms with Crippen molar-refractivity contribution in [2.45, 2.75) is 57.8 Å². The summed E-state index contributed by atoms with van der Waals surface area (Å²) in [5.74, 6) is 0. The first-order chi connectivity index (χ1) is 6.91. The van der Waals surface area contributed by atoms with Crippen LogP contribution >= 0.6 is 0 Å². The van der Waals surface area contributed by atoms with Crippen LogP contribution in [-0.2, 0) is 0 Å². The van der Waals surface area contributed by atoms with E-state index >= 15 is 0 Å². The first-order valence-corrected chi connectivity index (χ1v) is 5.91. The zero-order valence-corrected chi connectivity index (χ0v) is 9.25. The molecule has 3 N–H and O–H groups in total. The summed E-state index contributed by atoms with van der Waals surface area (Å²) in [6.45, 7) is 0.841. The fourth-order valence-electron chi connectivity index (χ4n) is 1.54. The van der Waals surface area contributed by atoms with Gasteiger partial charge >= 0.3 is 0 Å². The van der Waals surface area contributed by atoms with Gasteiger partial charge in [-0.05, 0) is 25.8 Å². The maximum absolute atomic E-state index is 8.40. The molecule has 0 amide bonds. The Hall–Kier alpha value is -0.500. The molecule has 0 radical (unpaired) electrons. The second-order valence-electron chi connectivity index (χ2n) is 3.79. The van der Waals surface area contributed by atoms with E-state index in [1.54, 1.807) is 0 Å². The molecule has 84 valence electrons. The molecule has 0 aromatic carbocycles. The molecule has 0 spiro atoms. The lowest BCUT2D eigenvalue weighted by atomic mass is 10.1. The third-order valence-electron chi connectivity index (χ3n) is 2.43. The van der Waals surface area contributed by atoms with Gasteiger partial charge < -0.3 is 10.8 Å². The van der Waals surface area contributed by atoms with Gasteiger partial charge in [0.15, 0.2) is 0 Å². The van der Waals surface area contributed by atoms with Gasteiger partial charge in [0.25, 0.3) is 0 Å². The van der Waals surface area contributed by atoms with Crippen molar-refractivity contribution in [2.24, 2.45) is 5.73 Å². The molecule has 2 nitrogen and oxygen atoms in total. The largest absolute Gasteiger partial charge is 0.516 e. The molecule has 0 atom stereocenters. The minimum Gasteiger partial charge on any atom is -0.516 e. The molecule has 0 fully saturated rings. The third kappa shape index (κ3) is 11.5. The van der Waals surface area contributed by atoms with Gasteiger partial charge in [-0.1, -0.05) is 44.6 Å². The van der Waals surface area contributed by atoms with E-state index in [2.05, 4.69) is 0 Å². The molecule has 0 saturated carbocycles. The minimum atomic E-state index is 0.841. The molecule has 0 unspecified atom stereocenters. The lowest BCUT2D eigenvalue weighted by Gasteiger charge is -2.00. The van der Waals surface area contributed by atoms with E-state index in [1.165, 1.54) is 51.4 Å². The molecular weight excluding hydrogens is 174 g/mol. The Morgan fingerprint density at radius 1 is 0.786 bits per heavy atom. The van der Waals surface area contributed by atoms with Gasteiger partial charge in [-0.25, -0.2) is 0 Å². The molecule has 0 aromatic heterocycles. The zero-order chi connectivity index (χ0) is 10.5. The second-order valence-corrected chi connectivity index (χ2v) is 3.79. The van der Waals surface area contributed by atoms with Crippen molar-refractivity contribution in [3.8, 4) is 0 Å². The Balaban J connectivity index is 2.85. The van der Waals surface area contributed by atoms with Gasteiger partial charge in [-0.3, -0.25) is 0 Å². The number of allylic oxidation sites excluding steroid dienone is 1. The van der Waals surface area contributed by atoms with Gasteiger partial charge in [-0.15, -0.1) is 0 Å². The Bertz CT molecular complexity index is 123. The molecule has 0 bridgehead atoms. The Morgan fingerprint density at radius 2 is 1.29 bits per heavy atom. The number of hydrogen-bond donors (Lipinski definition) is 2. The van der Waals surface area contributed by atoms with E-state index in [1.807, 2.05) is 6.08 Å². The van der Waals surface area contributed by atoms with Crippen molar-refractivity contribution < 1.29 is 5.11 Å². The zero-order valence-electron chi connectivity index (χ0n) is 9.25. The standard InChI is InChI=1S/C12H25NO/c13-11-9-7-5-3-1-2-4-6-8-10-12-14/h10,12,14H,1-9,11,13H2. The third-order valence-corrected chi connectivity index (χ3v) is 2.43. The fourth-order valence-corrected chi connectivity index (χ4v) is 1.54. The number of hydrogen-bond acceptors (Lipinski definition) is 2. The van der Waals surface area contributed by atoms with Crippen LogP contribution in [0.5, 0.6) is 0 Å². The number of aliphatic hydroxyl groups is 1. The van der Waals surface area contributed by atoms with Gasteiger partial charge in [-0.2, -0.15) is 0 Å². The first kappa shape index (κ1) is 13.5. The Kier molecular flexibility index (Phi) is 12.1. The number of aliphatic hydroxyl groups excluding tert-OH is 1. The molecule has 0 rings (SSSR count). The summed E-state index contributed by atoms with van der Waals surface area (Å²) in [5.41, 5.74) is 5.41. The molecule has 0 aliphatic rings. The summed E-state index contributed by atoms with van der Waals surface area (Å²) in [7, 11) is 0. The number of nitrogens with two attached hydrogens (primary N) is 1. The SMILES string of the molecule is NCCCCCCCCCCC=CO. The van der Waals surface area contributed by atoms with Gasteiger partial charge in [0.2, 0.25) is 0 Å². The highest BCUT2D eigenvalue weighted by atomic mass is 16.2. The average molecular weight is 199 g/mol. The number of unbranched alkanes of at least 4 members (excludes halogenated alkanes) is 8. The summed E-state index contributed by atoms with van der Waals surface area (Å²) in [4.78, 5) is 0. The Morgan fingerprint density at radius 3 is 1.79 bits per heavy atom. The summed E-state index contributed by atoms with van der Waals surface area (Å²) < 4.78 is 0. The predicted octanol–water partition coefficient (Wildman–Crippen LogP) is 3.53. The van der Waals surface area contributed by atoms with Crippen LogP contribution in [0.2, 0.25) is 0 Å². The van der Waals surface area contributed by atoms with Crippen LogP contribution in [0, 0.1) is 0 Å². The van der Waals surface area contributed by atoms with Gasteiger partial charge in [0, 0.05) is 0 Å². The van der Waals surface area contributed by atoms with Crippen LogP contribution in [0.4, 0.5) is 0 Å². The van der Waals surface area contributed by atoms with Crippen molar-refractivity contribution in [1.29, 1.82) is 0 Å². The van der Waals surface area contributed by atoms with E-state index in [-0.39, 0.29) is 0 Å². The van der Waals surface area contributed by atoms with Crippen molar-refractivity contribution in [3.63, 3.8) is 0 Å². The fraction of sp³-hybridized carbons (Fsp3) is 0.833. The van der Waals surface area contributed by atoms with E-state index in [0.29, 0.717) is 0 Å². The first-order valence-electron chi connectivity index (χ1n) is 5.91. The van der Waals surface area contributed by atoms with Crippen LogP contribution in [-0.4, -0.2) is 11.7 Å². The van der Waals surface area contributed by atoms with E-state index < -0.39 is 0 Å². The lowest BCUT2D eigenvalue weighted by molar-refractivity contribution is 0.469.